The number of rotatable bonds is 8. The lowest BCUT2D eigenvalue weighted by molar-refractivity contribution is -0.164. The molecule has 0 saturated heterocycles. The van der Waals surface area contributed by atoms with Gasteiger partial charge in [0, 0.05) is 41.9 Å². The van der Waals surface area contributed by atoms with Crippen LogP contribution in [0, 0.1) is 22.2 Å². The van der Waals surface area contributed by atoms with Crippen LogP contribution in [0.1, 0.15) is 57.0 Å². The molecular weight excluding hydrogens is 442 g/mol. The Morgan fingerprint density at radius 1 is 1.24 bits per heavy atom. The van der Waals surface area contributed by atoms with Crippen LogP contribution in [0.3, 0.4) is 0 Å². The van der Waals surface area contributed by atoms with Crippen molar-refractivity contribution in [1.29, 1.82) is 5.26 Å². The molecule has 0 unspecified atom stereocenters. The molecule has 2 aromatic rings. The third-order valence-electron chi connectivity index (χ3n) is 6.20. The second-order valence-electron chi connectivity index (χ2n) is 9.36. The van der Waals surface area contributed by atoms with Crippen LogP contribution < -0.4 is 15.1 Å². The van der Waals surface area contributed by atoms with E-state index in [1.54, 1.807) is 30.4 Å². The number of halogens is 1. The van der Waals surface area contributed by atoms with Crippen LogP contribution >= 0.6 is 11.6 Å². The standard InChI is InChI=1S/C24H30ClN5O3/c1-7-10-30(32-6)22-27-13-16(14-28-22)19(31)29-20-23(2,3)21(24(20,4)5)33-17-9-8-15(12-26)18(25)11-17/h8-9,11,13-14,20-21H,7,10H2,1-6H3,(H,29,31). The fraction of sp³-hybridized carbons (Fsp3) is 0.500. The third-order valence-corrected chi connectivity index (χ3v) is 6.51. The lowest BCUT2D eigenvalue weighted by Crippen LogP contribution is -2.74. The number of nitriles is 1. The minimum atomic E-state index is -0.353. The van der Waals surface area contributed by atoms with E-state index in [9.17, 15) is 4.79 Å². The van der Waals surface area contributed by atoms with Gasteiger partial charge in [-0.15, -0.1) is 0 Å². The van der Waals surface area contributed by atoms with Crippen molar-refractivity contribution >= 4 is 23.5 Å². The Hall–Kier alpha value is -2.89. The van der Waals surface area contributed by atoms with Crippen LogP contribution in [0.25, 0.3) is 0 Å². The van der Waals surface area contributed by atoms with Gasteiger partial charge in [-0.05, 0) is 18.6 Å². The summed E-state index contributed by atoms with van der Waals surface area (Å²) >= 11 is 6.16. The van der Waals surface area contributed by atoms with Crippen LogP contribution in [0.4, 0.5) is 5.95 Å². The summed E-state index contributed by atoms with van der Waals surface area (Å²) in [6, 6.07) is 6.93. The van der Waals surface area contributed by atoms with Gasteiger partial charge in [-0.3, -0.25) is 9.63 Å². The number of benzene rings is 1. The lowest BCUT2D eigenvalue weighted by atomic mass is 9.49. The maximum Gasteiger partial charge on any atom is 0.254 e. The van der Waals surface area contributed by atoms with E-state index in [0.717, 1.165) is 6.42 Å². The predicted octanol–water partition coefficient (Wildman–Crippen LogP) is 4.39. The average Bonchev–Trinajstić information content (AvgIpc) is 2.79. The number of anilines is 1. The summed E-state index contributed by atoms with van der Waals surface area (Å²) in [5.41, 5.74) is 0.0711. The number of hydroxylamine groups is 1. The van der Waals surface area contributed by atoms with Crippen LogP contribution in [-0.4, -0.2) is 41.7 Å². The molecule has 1 aliphatic rings. The van der Waals surface area contributed by atoms with Gasteiger partial charge in [0.25, 0.3) is 5.91 Å². The molecule has 1 fully saturated rings. The van der Waals surface area contributed by atoms with Crippen LogP contribution in [0.2, 0.25) is 5.02 Å². The van der Waals surface area contributed by atoms with Gasteiger partial charge >= 0.3 is 0 Å². The average molecular weight is 472 g/mol. The van der Waals surface area contributed by atoms with Gasteiger partial charge in [-0.2, -0.15) is 5.26 Å². The maximum atomic E-state index is 13.0. The Kier molecular flexibility index (Phi) is 7.15. The number of ether oxygens (including phenoxy) is 1. The Morgan fingerprint density at radius 2 is 1.88 bits per heavy atom. The molecule has 0 aliphatic heterocycles. The van der Waals surface area contributed by atoms with E-state index in [4.69, 9.17) is 26.4 Å². The van der Waals surface area contributed by atoms with Gasteiger partial charge in [-0.25, -0.2) is 15.0 Å². The molecule has 0 radical (unpaired) electrons. The summed E-state index contributed by atoms with van der Waals surface area (Å²) < 4.78 is 6.27. The summed E-state index contributed by atoms with van der Waals surface area (Å²) in [4.78, 5) is 26.8. The first-order valence-corrected chi connectivity index (χ1v) is 11.2. The lowest BCUT2D eigenvalue weighted by Gasteiger charge is -2.63. The zero-order valence-corrected chi connectivity index (χ0v) is 20.6. The molecule has 1 saturated carbocycles. The van der Waals surface area contributed by atoms with Gasteiger partial charge < -0.3 is 10.1 Å². The normalized spacial score (nSPS) is 20.3. The number of amides is 1. The first-order valence-electron chi connectivity index (χ1n) is 10.9. The number of nitrogens with one attached hydrogen (secondary N) is 1. The van der Waals surface area contributed by atoms with Crippen LogP contribution in [0.5, 0.6) is 5.75 Å². The van der Waals surface area contributed by atoms with Crippen molar-refractivity contribution in [2.45, 2.75) is 53.2 Å². The zero-order valence-electron chi connectivity index (χ0n) is 19.8. The van der Waals surface area contributed by atoms with Crippen molar-refractivity contribution in [3.63, 3.8) is 0 Å². The number of hydrogen-bond donors (Lipinski definition) is 1. The van der Waals surface area contributed by atoms with Crippen LogP contribution in [-0.2, 0) is 4.84 Å². The van der Waals surface area contributed by atoms with Gasteiger partial charge in [0.05, 0.1) is 23.3 Å². The Morgan fingerprint density at radius 3 is 2.39 bits per heavy atom. The van der Waals surface area contributed by atoms with Crippen molar-refractivity contribution in [1.82, 2.24) is 15.3 Å². The van der Waals surface area contributed by atoms with E-state index in [2.05, 4.69) is 43.0 Å². The number of aromatic nitrogens is 2. The van der Waals surface area contributed by atoms with Crippen molar-refractivity contribution in [2.75, 3.05) is 18.7 Å². The highest BCUT2D eigenvalue weighted by molar-refractivity contribution is 6.31. The molecule has 1 heterocycles. The van der Waals surface area contributed by atoms with Crippen molar-refractivity contribution in [3.05, 3.63) is 46.7 Å². The number of hydrogen-bond acceptors (Lipinski definition) is 7. The van der Waals surface area contributed by atoms with Gasteiger partial charge in [0.2, 0.25) is 5.95 Å². The molecular formula is C24H30ClN5O3. The van der Waals surface area contributed by atoms with Crippen molar-refractivity contribution in [3.8, 4) is 11.8 Å². The largest absolute Gasteiger partial charge is 0.489 e. The Labute approximate surface area is 199 Å². The van der Waals surface area contributed by atoms with E-state index >= 15 is 0 Å². The third kappa shape index (κ3) is 4.75. The number of nitrogens with zero attached hydrogens (tertiary/aromatic N) is 4. The first kappa shape index (κ1) is 24.7. The smallest absolute Gasteiger partial charge is 0.254 e. The van der Waals surface area contributed by atoms with Gasteiger partial charge in [-0.1, -0.05) is 46.2 Å². The van der Waals surface area contributed by atoms with Crippen LogP contribution in [0.15, 0.2) is 30.6 Å². The Balaban J connectivity index is 1.71. The van der Waals surface area contributed by atoms with E-state index in [-0.39, 0.29) is 28.9 Å². The summed E-state index contributed by atoms with van der Waals surface area (Å²) in [6.07, 6.45) is 3.71. The van der Waals surface area contributed by atoms with Gasteiger partial charge in [0.15, 0.2) is 0 Å². The molecule has 1 aliphatic carbocycles. The second kappa shape index (κ2) is 9.54. The number of carbonyl (C=O) groups is 1. The van der Waals surface area contributed by atoms with E-state index in [1.807, 2.05) is 13.0 Å². The minimum Gasteiger partial charge on any atom is -0.489 e. The van der Waals surface area contributed by atoms with Gasteiger partial charge in [0.1, 0.15) is 17.9 Å². The highest BCUT2D eigenvalue weighted by Crippen LogP contribution is 2.55. The number of carbonyl (C=O) groups excluding carboxylic acids is 1. The second-order valence-corrected chi connectivity index (χ2v) is 9.76. The molecule has 3 rings (SSSR count). The SMILES string of the molecule is CCCN(OC)c1ncc(C(=O)NC2C(C)(C)C(Oc3ccc(C#N)c(Cl)c3)C2(C)C)cn1. The predicted molar refractivity (Wildman–Crippen MR) is 126 cm³/mol. The minimum absolute atomic E-state index is 0.147. The van der Waals surface area contributed by atoms with E-state index in [1.165, 1.54) is 12.4 Å². The summed E-state index contributed by atoms with van der Waals surface area (Å²) in [5, 5.41) is 14.1. The summed E-state index contributed by atoms with van der Waals surface area (Å²) in [6.45, 7) is 10.9. The molecule has 9 heteroatoms. The molecule has 0 atom stereocenters. The fourth-order valence-corrected chi connectivity index (χ4v) is 5.07. The topological polar surface area (TPSA) is 100 Å². The highest BCUT2D eigenvalue weighted by atomic mass is 35.5. The first-order chi connectivity index (χ1) is 15.6. The molecule has 0 bridgehead atoms. The quantitative estimate of drug-likeness (QED) is 0.569. The van der Waals surface area contributed by atoms with Crippen molar-refractivity contribution in [2.24, 2.45) is 10.8 Å². The highest BCUT2D eigenvalue weighted by Gasteiger charge is 2.64. The van der Waals surface area contributed by atoms with E-state index < -0.39 is 0 Å². The fourth-order valence-electron chi connectivity index (χ4n) is 4.85. The molecule has 1 N–H and O–H groups in total. The van der Waals surface area contributed by atoms with E-state index in [0.29, 0.717) is 34.4 Å². The summed E-state index contributed by atoms with van der Waals surface area (Å²) in [5.74, 6) is 0.760. The maximum absolute atomic E-state index is 13.0. The molecule has 176 valence electrons. The Bertz CT molecular complexity index is 1030. The molecule has 0 spiro atoms. The zero-order chi connectivity index (χ0) is 24.4. The molecule has 1 aromatic carbocycles. The van der Waals surface area contributed by atoms with Crippen molar-refractivity contribution < 1.29 is 14.4 Å². The summed E-state index contributed by atoms with van der Waals surface area (Å²) in [7, 11) is 1.56. The molecule has 1 amide bonds. The monoisotopic (exact) mass is 471 g/mol. The molecule has 33 heavy (non-hydrogen) atoms. The molecule has 8 nitrogen and oxygen atoms in total. The molecule has 1 aromatic heterocycles.